The number of hydrogen-bond acceptors (Lipinski definition) is 11. The molecular weight excluding hydrogens is 594 g/mol. The average Bonchev–Trinajstić information content (AvgIpc) is 3.53. The summed E-state index contributed by atoms with van der Waals surface area (Å²) >= 11 is 2.17. The molecule has 0 spiro atoms. The third kappa shape index (κ3) is 8.57. The van der Waals surface area contributed by atoms with Crippen molar-refractivity contribution in [1.29, 1.82) is 0 Å². The fraction of sp³-hybridized carbons (Fsp3) is 0.448. The van der Waals surface area contributed by atoms with Crippen LogP contribution in [-0.2, 0) is 27.4 Å². The molecule has 14 heteroatoms. The summed E-state index contributed by atoms with van der Waals surface area (Å²) in [5, 5.41) is 14.3. The van der Waals surface area contributed by atoms with Gasteiger partial charge in [-0.25, -0.2) is 9.59 Å². The van der Waals surface area contributed by atoms with Gasteiger partial charge in [0.05, 0.1) is 37.7 Å². The number of aromatic nitrogens is 3. The standard InChI is InChI=1S/C29H37N5O7S2/c1-7-10-14-34-21(16-30-25(36)19-12-11-13-20(15-19)39-6)32-33-29(34)42-18(5)24(35)31-26-22(27(37)40-8-2)17(4)23(43-26)28(38)41-9-3/h11-13,15,18H,7-10,14,16H2,1-6H3,(H,30,36)(H,31,35). The number of carbonyl (C=O) groups is 4. The number of nitrogens with one attached hydrogen (secondary N) is 2. The molecule has 0 radical (unpaired) electrons. The van der Waals surface area contributed by atoms with Crippen molar-refractivity contribution in [3.63, 3.8) is 0 Å². The Labute approximate surface area is 258 Å². The van der Waals surface area contributed by atoms with Crippen LogP contribution in [-0.4, -0.2) is 64.1 Å². The van der Waals surface area contributed by atoms with E-state index in [4.69, 9.17) is 14.2 Å². The van der Waals surface area contributed by atoms with E-state index in [1.54, 1.807) is 52.0 Å². The lowest BCUT2D eigenvalue weighted by molar-refractivity contribution is -0.115. The van der Waals surface area contributed by atoms with Crippen molar-refractivity contribution in [2.24, 2.45) is 0 Å². The van der Waals surface area contributed by atoms with Gasteiger partial charge in [-0.05, 0) is 57.9 Å². The molecule has 0 aliphatic rings. The number of esters is 2. The third-order valence-electron chi connectivity index (χ3n) is 6.24. The SMILES string of the molecule is CCCCn1c(CNC(=O)c2cccc(OC)c2)nnc1SC(C)C(=O)Nc1sc(C(=O)OCC)c(C)c1C(=O)OCC. The summed E-state index contributed by atoms with van der Waals surface area (Å²) in [5.74, 6) is -0.760. The number of anilines is 1. The van der Waals surface area contributed by atoms with Gasteiger partial charge in [-0.2, -0.15) is 0 Å². The van der Waals surface area contributed by atoms with Gasteiger partial charge in [-0.15, -0.1) is 21.5 Å². The number of methoxy groups -OCH3 is 1. The molecule has 1 unspecified atom stereocenters. The molecule has 2 aromatic heterocycles. The molecule has 0 aliphatic carbocycles. The first-order valence-electron chi connectivity index (χ1n) is 13.9. The van der Waals surface area contributed by atoms with Crippen LogP contribution in [0.25, 0.3) is 0 Å². The van der Waals surface area contributed by atoms with Gasteiger partial charge < -0.3 is 29.4 Å². The van der Waals surface area contributed by atoms with Crippen molar-refractivity contribution >= 4 is 51.9 Å². The first-order valence-corrected chi connectivity index (χ1v) is 15.6. The highest BCUT2D eigenvalue weighted by atomic mass is 32.2. The van der Waals surface area contributed by atoms with E-state index in [1.165, 1.54) is 18.9 Å². The third-order valence-corrected chi connectivity index (χ3v) is 8.51. The van der Waals surface area contributed by atoms with Crippen LogP contribution in [0.5, 0.6) is 5.75 Å². The largest absolute Gasteiger partial charge is 0.497 e. The Morgan fingerprint density at radius 2 is 1.79 bits per heavy atom. The van der Waals surface area contributed by atoms with Crippen molar-refractivity contribution in [2.75, 3.05) is 25.6 Å². The average molecular weight is 632 g/mol. The highest BCUT2D eigenvalue weighted by Crippen LogP contribution is 2.35. The number of thiophene rings is 1. The van der Waals surface area contributed by atoms with Crippen LogP contribution >= 0.6 is 23.1 Å². The second-order valence-corrected chi connectivity index (χ2v) is 11.6. The van der Waals surface area contributed by atoms with E-state index < -0.39 is 23.1 Å². The Hall–Kier alpha value is -3.91. The molecule has 3 rings (SSSR count). The second-order valence-electron chi connectivity index (χ2n) is 9.27. The fourth-order valence-corrected chi connectivity index (χ4v) is 5.96. The highest BCUT2D eigenvalue weighted by molar-refractivity contribution is 8.00. The van der Waals surface area contributed by atoms with Crippen LogP contribution in [0.1, 0.15) is 82.3 Å². The maximum absolute atomic E-state index is 13.3. The van der Waals surface area contributed by atoms with E-state index in [1.807, 2.05) is 4.57 Å². The molecule has 43 heavy (non-hydrogen) atoms. The Kier molecular flexibility index (Phi) is 12.6. The lowest BCUT2D eigenvalue weighted by Gasteiger charge is -2.14. The first-order chi connectivity index (χ1) is 20.6. The molecule has 0 fully saturated rings. The lowest BCUT2D eigenvalue weighted by atomic mass is 10.1. The molecule has 0 saturated heterocycles. The molecule has 0 bridgehead atoms. The van der Waals surface area contributed by atoms with Crippen molar-refractivity contribution < 1.29 is 33.4 Å². The summed E-state index contributed by atoms with van der Waals surface area (Å²) in [7, 11) is 1.54. The number of amides is 2. The quantitative estimate of drug-likeness (QED) is 0.176. The van der Waals surface area contributed by atoms with Crippen molar-refractivity contribution in [3.8, 4) is 5.75 Å². The number of rotatable bonds is 15. The van der Waals surface area contributed by atoms with Crippen molar-refractivity contribution in [1.82, 2.24) is 20.1 Å². The van der Waals surface area contributed by atoms with Crippen molar-refractivity contribution in [3.05, 3.63) is 51.7 Å². The van der Waals surface area contributed by atoms with Crippen LogP contribution in [0, 0.1) is 6.92 Å². The highest BCUT2D eigenvalue weighted by Gasteiger charge is 2.29. The van der Waals surface area contributed by atoms with E-state index in [0.717, 1.165) is 24.2 Å². The Bertz CT molecular complexity index is 1450. The number of hydrogen-bond donors (Lipinski definition) is 2. The van der Waals surface area contributed by atoms with Gasteiger partial charge in [0.15, 0.2) is 11.0 Å². The van der Waals surface area contributed by atoms with Gasteiger partial charge in [0.1, 0.15) is 15.6 Å². The monoisotopic (exact) mass is 631 g/mol. The maximum Gasteiger partial charge on any atom is 0.348 e. The lowest BCUT2D eigenvalue weighted by Crippen LogP contribution is -2.25. The molecule has 0 saturated carbocycles. The predicted molar refractivity (Wildman–Crippen MR) is 164 cm³/mol. The molecule has 0 aliphatic heterocycles. The van der Waals surface area contributed by atoms with Gasteiger partial charge >= 0.3 is 11.9 Å². The minimum absolute atomic E-state index is 0.126. The van der Waals surface area contributed by atoms with Gasteiger partial charge in [0.2, 0.25) is 5.91 Å². The van der Waals surface area contributed by atoms with Crippen LogP contribution in [0.3, 0.4) is 0 Å². The normalized spacial score (nSPS) is 11.5. The van der Waals surface area contributed by atoms with E-state index in [9.17, 15) is 19.2 Å². The van der Waals surface area contributed by atoms with Gasteiger partial charge in [-0.3, -0.25) is 9.59 Å². The molecular formula is C29H37N5O7S2. The zero-order valence-corrected chi connectivity index (χ0v) is 26.8. The van der Waals surface area contributed by atoms with E-state index in [0.29, 0.717) is 34.4 Å². The van der Waals surface area contributed by atoms with E-state index in [-0.39, 0.29) is 41.1 Å². The van der Waals surface area contributed by atoms with Gasteiger partial charge in [0, 0.05) is 12.1 Å². The molecule has 2 N–H and O–H groups in total. The number of benzene rings is 1. The van der Waals surface area contributed by atoms with Crippen LogP contribution < -0.4 is 15.4 Å². The number of carbonyl (C=O) groups excluding carboxylic acids is 4. The topological polar surface area (TPSA) is 151 Å². The van der Waals surface area contributed by atoms with E-state index in [2.05, 4.69) is 27.8 Å². The number of ether oxygens (including phenoxy) is 3. The molecule has 12 nitrogen and oxygen atoms in total. The number of unbranched alkanes of at least 4 members (excludes halogenated alkanes) is 1. The fourth-order valence-electron chi connectivity index (χ4n) is 3.97. The maximum atomic E-state index is 13.3. The Morgan fingerprint density at radius 3 is 2.47 bits per heavy atom. The van der Waals surface area contributed by atoms with Crippen LogP contribution in [0.4, 0.5) is 5.00 Å². The molecule has 1 aromatic carbocycles. The summed E-state index contributed by atoms with van der Waals surface area (Å²) in [6.07, 6.45) is 1.77. The zero-order valence-electron chi connectivity index (χ0n) is 25.1. The molecule has 232 valence electrons. The molecule has 3 aromatic rings. The minimum Gasteiger partial charge on any atom is -0.497 e. The van der Waals surface area contributed by atoms with Crippen LogP contribution in [0.15, 0.2) is 29.4 Å². The van der Waals surface area contributed by atoms with Gasteiger partial charge in [-0.1, -0.05) is 31.2 Å². The first kappa shape index (κ1) is 33.6. The van der Waals surface area contributed by atoms with Gasteiger partial charge in [0.25, 0.3) is 5.91 Å². The zero-order chi connectivity index (χ0) is 31.5. The molecule has 1 atom stereocenters. The minimum atomic E-state index is -0.646. The number of nitrogens with zero attached hydrogens (tertiary/aromatic N) is 3. The summed E-state index contributed by atoms with van der Waals surface area (Å²) < 4.78 is 17.4. The summed E-state index contributed by atoms with van der Waals surface area (Å²) in [5.41, 5.74) is 0.967. The smallest absolute Gasteiger partial charge is 0.348 e. The van der Waals surface area contributed by atoms with Crippen LogP contribution in [0.2, 0.25) is 0 Å². The Morgan fingerprint density at radius 1 is 1.07 bits per heavy atom. The summed E-state index contributed by atoms with van der Waals surface area (Å²) in [4.78, 5) is 51.5. The van der Waals surface area contributed by atoms with E-state index >= 15 is 0 Å². The molecule has 2 amide bonds. The number of thioether (sulfide) groups is 1. The Balaban J connectivity index is 1.77. The van der Waals surface area contributed by atoms with Crippen molar-refractivity contribution in [2.45, 2.75) is 71.0 Å². The summed E-state index contributed by atoms with van der Waals surface area (Å²) in [6.45, 7) is 9.81. The summed E-state index contributed by atoms with van der Waals surface area (Å²) in [6, 6.07) is 6.84. The molecule has 2 heterocycles. The predicted octanol–water partition coefficient (Wildman–Crippen LogP) is 4.86. The second kappa shape index (κ2) is 16.1.